The van der Waals surface area contributed by atoms with Crippen molar-refractivity contribution in [2.45, 2.75) is 39.3 Å². The Labute approximate surface area is 172 Å². The van der Waals surface area contributed by atoms with Crippen LogP contribution in [0.4, 0.5) is 0 Å². The minimum Gasteiger partial charge on any atom is -0.454 e. The molecule has 1 aliphatic carbocycles. The molecule has 0 bridgehead atoms. The fraction of sp³-hybridized carbons (Fsp3) is 0.522. The van der Waals surface area contributed by atoms with Crippen LogP contribution in [0.2, 0.25) is 0 Å². The molecular weight excluding hydrogens is 366 g/mol. The fourth-order valence-electron chi connectivity index (χ4n) is 4.65. The van der Waals surface area contributed by atoms with E-state index in [1.54, 1.807) is 0 Å². The molecule has 0 amide bonds. The zero-order valence-electron chi connectivity index (χ0n) is 17.3. The molecule has 0 atom stereocenters. The third-order valence-electron chi connectivity index (χ3n) is 6.37. The first-order valence-corrected chi connectivity index (χ1v) is 10.6. The van der Waals surface area contributed by atoms with Crippen molar-refractivity contribution in [2.75, 3.05) is 39.5 Å². The molecule has 5 rings (SSSR count). The van der Waals surface area contributed by atoms with Crippen molar-refractivity contribution in [3.8, 4) is 11.5 Å². The lowest BCUT2D eigenvalue weighted by atomic mass is 10.1. The van der Waals surface area contributed by atoms with Crippen LogP contribution in [0.15, 0.2) is 24.3 Å². The van der Waals surface area contributed by atoms with Crippen molar-refractivity contribution >= 4 is 5.78 Å². The van der Waals surface area contributed by atoms with Gasteiger partial charge in [-0.2, -0.15) is 0 Å². The summed E-state index contributed by atoms with van der Waals surface area (Å²) in [6.45, 7) is 9.77. The van der Waals surface area contributed by atoms with E-state index in [9.17, 15) is 4.79 Å². The number of benzene rings is 1. The molecular formula is C23H29N3O3. The van der Waals surface area contributed by atoms with Crippen LogP contribution < -0.4 is 9.47 Å². The SMILES string of the molecule is Cc1cc(C(=O)CN2CCN(Cc3ccc4c(c3)OCO4)CC2)c(C)n1C1CC1. The Kier molecular flexibility index (Phi) is 4.84. The lowest BCUT2D eigenvalue weighted by Gasteiger charge is -2.34. The standard InChI is InChI=1S/C23H29N3O3/c1-16-11-20(17(2)26(16)19-4-5-19)21(27)14-25-9-7-24(8-10-25)13-18-3-6-22-23(12-18)29-15-28-22/h3,6,11-12,19H,4-5,7-10,13-15H2,1-2H3. The summed E-state index contributed by atoms with van der Waals surface area (Å²) in [6.07, 6.45) is 2.49. The Morgan fingerprint density at radius 1 is 1.00 bits per heavy atom. The molecule has 6 nitrogen and oxygen atoms in total. The average molecular weight is 396 g/mol. The highest BCUT2D eigenvalue weighted by Crippen LogP contribution is 2.38. The zero-order chi connectivity index (χ0) is 20.0. The largest absolute Gasteiger partial charge is 0.454 e. The molecule has 1 aromatic heterocycles. The van der Waals surface area contributed by atoms with Gasteiger partial charge in [0, 0.05) is 55.7 Å². The molecule has 0 unspecified atom stereocenters. The number of nitrogens with zero attached hydrogens (tertiary/aromatic N) is 3. The number of piperazine rings is 1. The van der Waals surface area contributed by atoms with Gasteiger partial charge >= 0.3 is 0 Å². The molecule has 1 saturated heterocycles. The van der Waals surface area contributed by atoms with E-state index in [4.69, 9.17) is 9.47 Å². The van der Waals surface area contributed by atoms with Gasteiger partial charge in [0.15, 0.2) is 17.3 Å². The van der Waals surface area contributed by atoms with Gasteiger partial charge in [-0.15, -0.1) is 0 Å². The fourth-order valence-corrected chi connectivity index (χ4v) is 4.65. The summed E-state index contributed by atoms with van der Waals surface area (Å²) in [4.78, 5) is 17.7. The number of fused-ring (bicyclic) bond motifs is 1. The van der Waals surface area contributed by atoms with Gasteiger partial charge in [0.2, 0.25) is 6.79 Å². The summed E-state index contributed by atoms with van der Waals surface area (Å²) in [6, 6.07) is 8.89. The number of ether oxygens (including phenoxy) is 2. The molecule has 2 aliphatic heterocycles. The minimum atomic E-state index is 0.259. The van der Waals surface area contributed by atoms with Crippen LogP contribution in [-0.4, -0.2) is 59.7 Å². The topological polar surface area (TPSA) is 46.9 Å². The van der Waals surface area contributed by atoms with E-state index in [2.05, 4.69) is 46.4 Å². The highest BCUT2D eigenvalue weighted by molar-refractivity contribution is 5.99. The summed E-state index contributed by atoms with van der Waals surface area (Å²) in [5, 5.41) is 0. The molecule has 0 N–H and O–H groups in total. The van der Waals surface area contributed by atoms with Crippen LogP contribution in [0.25, 0.3) is 0 Å². The van der Waals surface area contributed by atoms with Crippen molar-refractivity contribution in [3.05, 3.63) is 46.8 Å². The first-order valence-electron chi connectivity index (χ1n) is 10.6. The van der Waals surface area contributed by atoms with Gasteiger partial charge < -0.3 is 14.0 Å². The van der Waals surface area contributed by atoms with Crippen LogP contribution in [0.5, 0.6) is 11.5 Å². The molecule has 0 radical (unpaired) electrons. The van der Waals surface area contributed by atoms with Crippen molar-refractivity contribution in [3.63, 3.8) is 0 Å². The number of hydrogen-bond acceptors (Lipinski definition) is 5. The number of hydrogen-bond donors (Lipinski definition) is 0. The first-order chi connectivity index (χ1) is 14.1. The van der Waals surface area contributed by atoms with E-state index in [-0.39, 0.29) is 5.78 Å². The lowest BCUT2D eigenvalue weighted by molar-refractivity contribution is 0.0843. The van der Waals surface area contributed by atoms with Crippen LogP contribution in [0, 0.1) is 13.8 Å². The molecule has 3 heterocycles. The first kappa shape index (κ1) is 18.7. The molecule has 2 fully saturated rings. The Balaban J connectivity index is 1.15. The second kappa shape index (κ2) is 7.50. The molecule has 29 heavy (non-hydrogen) atoms. The third kappa shape index (κ3) is 3.79. The maximum absolute atomic E-state index is 12.9. The zero-order valence-corrected chi connectivity index (χ0v) is 17.3. The van der Waals surface area contributed by atoms with Crippen LogP contribution >= 0.6 is 0 Å². The maximum atomic E-state index is 12.9. The van der Waals surface area contributed by atoms with Gasteiger partial charge in [-0.3, -0.25) is 14.6 Å². The van der Waals surface area contributed by atoms with E-state index in [1.165, 1.54) is 24.1 Å². The molecule has 0 spiro atoms. The average Bonchev–Trinajstić information content (AvgIpc) is 3.34. The molecule has 1 saturated carbocycles. The summed E-state index contributed by atoms with van der Waals surface area (Å²) < 4.78 is 13.2. The predicted octanol–water partition coefficient (Wildman–Crippen LogP) is 3.17. The van der Waals surface area contributed by atoms with Crippen LogP contribution in [0.3, 0.4) is 0 Å². The molecule has 2 aromatic rings. The van der Waals surface area contributed by atoms with Gasteiger partial charge in [-0.1, -0.05) is 6.07 Å². The van der Waals surface area contributed by atoms with Crippen LogP contribution in [-0.2, 0) is 6.54 Å². The van der Waals surface area contributed by atoms with Gasteiger partial charge in [0.05, 0.1) is 6.54 Å². The number of Topliss-reactive ketones (excluding diaryl/α,β-unsaturated/α-hetero) is 1. The van der Waals surface area contributed by atoms with E-state index in [1.807, 2.05) is 6.07 Å². The number of rotatable bonds is 6. The number of ketones is 1. The van der Waals surface area contributed by atoms with Gasteiger partial charge in [-0.25, -0.2) is 0 Å². The van der Waals surface area contributed by atoms with Crippen molar-refractivity contribution in [1.82, 2.24) is 14.4 Å². The number of aromatic nitrogens is 1. The summed E-state index contributed by atoms with van der Waals surface area (Å²) in [7, 11) is 0. The van der Waals surface area contributed by atoms with Crippen molar-refractivity contribution in [2.24, 2.45) is 0 Å². The monoisotopic (exact) mass is 395 g/mol. The Bertz CT molecular complexity index is 924. The quantitative estimate of drug-likeness (QED) is 0.703. The maximum Gasteiger partial charge on any atom is 0.231 e. The third-order valence-corrected chi connectivity index (χ3v) is 6.37. The Morgan fingerprint density at radius 2 is 1.72 bits per heavy atom. The second-order valence-electron chi connectivity index (χ2n) is 8.55. The van der Waals surface area contributed by atoms with E-state index in [0.29, 0.717) is 19.4 Å². The Hall–Kier alpha value is -2.31. The number of aryl methyl sites for hydroxylation is 1. The molecule has 154 valence electrons. The van der Waals surface area contributed by atoms with Gasteiger partial charge in [0.25, 0.3) is 0 Å². The molecule has 1 aromatic carbocycles. The lowest BCUT2D eigenvalue weighted by Crippen LogP contribution is -2.47. The van der Waals surface area contributed by atoms with E-state index in [0.717, 1.165) is 55.5 Å². The van der Waals surface area contributed by atoms with Gasteiger partial charge in [0.1, 0.15) is 0 Å². The highest BCUT2D eigenvalue weighted by atomic mass is 16.7. The van der Waals surface area contributed by atoms with E-state index >= 15 is 0 Å². The molecule has 6 heteroatoms. The summed E-state index contributed by atoms with van der Waals surface area (Å²) >= 11 is 0. The van der Waals surface area contributed by atoms with Crippen LogP contribution in [0.1, 0.15) is 46.2 Å². The predicted molar refractivity (Wildman–Crippen MR) is 111 cm³/mol. The normalized spacial score (nSPS) is 19.7. The van der Waals surface area contributed by atoms with E-state index < -0.39 is 0 Å². The summed E-state index contributed by atoms with van der Waals surface area (Å²) in [5.74, 6) is 1.93. The number of carbonyl (C=O) groups excluding carboxylic acids is 1. The molecule has 3 aliphatic rings. The van der Waals surface area contributed by atoms with Crippen molar-refractivity contribution in [1.29, 1.82) is 0 Å². The highest BCUT2D eigenvalue weighted by Gasteiger charge is 2.29. The van der Waals surface area contributed by atoms with Gasteiger partial charge in [-0.05, 0) is 50.5 Å². The van der Waals surface area contributed by atoms with Crippen molar-refractivity contribution < 1.29 is 14.3 Å². The summed E-state index contributed by atoms with van der Waals surface area (Å²) in [5.41, 5.74) is 4.53. The minimum absolute atomic E-state index is 0.259. The smallest absolute Gasteiger partial charge is 0.231 e. The Morgan fingerprint density at radius 3 is 2.48 bits per heavy atom. The number of carbonyl (C=O) groups is 1. The second-order valence-corrected chi connectivity index (χ2v) is 8.55.